The Hall–Kier alpha value is -3.12. The van der Waals surface area contributed by atoms with Gasteiger partial charge in [-0.05, 0) is 68.3 Å². The zero-order chi connectivity index (χ0) is 19.6. The first-order chi connectivity index (χ1) is 12.8. The molecule has 138 valence electrons. The Kier molecular flexibility index (Phi) is 5.28. The van der Waals surface area contributed by atoms with E-state index < -0.39 is 0 Å². The summed E-state index contributed by atoms with van der Waals surface area (Å²) >= 11 is 6.19. The molecule has 0 atom stereocenters. The molecule has 0 fully saturated rings. The van der Waals surface area contributed by atoms with Crippen LogP contribution in [0.25, 0.3) is 0 Å². The number of carbonyl (C=O) groups is 1. The van der Waals surface area contributed by atoms with E-state index in [1.54, 1.807) is 24.3 Å². The molecule has 3 N–H and O–H groups in total. The van der Waals surface area contributed by atoms with Crippen LogP contribution in [0.3, 0.4) is 0 Å². The minimum atomic E-state index is 0.00679. The van der Waals surface area contributed by atoms with Crippen LogP contribution in [0, 0.1) is 13.8 Å². The van der Waals surface area contributed by atoms with Gasteiger partial charge >= 0.3 is 0 Å². The van der Waals surface area contributed by atoms with E-state index in [2.05, 4.69) is 15.3 Å². The summed E-state index contributed by atoms with van der Waals surface area (Å²) in [7, 11) is 0. The first-order valence-electron chi connectivity index (χ1n) is 8.28. The molecule has 0 aliphatic rings. The Morgan fingerprint density at radius 1 is 1.11 bits per heavy atom. The zero-order valence-corrected chi connectivity index (χ0v) is 16.0. The maximum absolute atomic E-state index is 11.4. The molecule has 7 heteroatoms. The third-order valence-corrected chi connectivity index (χ3v) is 4.62. The first-order valence-corrected chi connectivity index (χ1v) is 8.66. The number of rotatable bonds is 5. The number of ketones is 1. The summed E-state index contributed by atoms with van der Waals surface area (Å²) in [5.41, 5.74) is 9.64. The fourth-order valence-corrected chi connectivity index (χ4v) is 2.67. The number of nitrogen functional groups attached to an aromatic ring is 1. The van der Waals surface area contributed by atoms with Crippen molar-refractivity contribution in [1.29, 1.82) is 0 Å². The highest BCUT2D eigenvalue weighted by Gasteiger charge is 2.12. The molecule has 0 unspecified atom stereocenters. The van der Waals surface area contributed by atoms with Crippen molar-refractivity contribution in [1.82, 2.24) is 9.97 Å². The van der Waals surface area contributed by atoms with Crippen molar-refractivity contribution in [3.63, 3.8) is 0 Å². The number of nitrogens with one attached hydrogen (secondary N) is 1. The van der Waals surface area contributed by atoms with Crippen LogP contribution < -0.4 is 15.8 Å². The lowest BCUT2D eigenvalue weighted by atomic mass is 10.1. The van der Waals surface area contributed by atoms with Crippen LogP contribution in [-0.4, -0.2) is 15.8 Å². The Morgan fingerprint density at radius 2 is 1.74 bits per heavy atom. The molecule has 0 aliphatic carbocycles. The number of nitrogens with zero attached hydrogens (tertiary/aromatic N) is 2. The monoisotopic (exact) mass is 382 g/mol. The minimum Gasteiger partial charge on any atom is -0.437 e. The van der Waals surface area contributed by atoms with Crippen molar-refractivity contribution in [2.45, 2.75) is 20.8 Å². The number of nitrogens with two attached hydrogens (primary N) is 1. The number of benzene rings is 2. The van der Waals surface area contributed by atoms with E-state index in [0.29, 0.717) is 22.2 Å². The number of aromatic nitrogens is 2. The van der Waals surface area contributed by atoms with Crippen LogP contribution in [0.5, 0.6) is 11.6 Å². The van der Waals surface area contributed by atoms with E-state index in [9.17, 15) is 4.79 Å². The summed E-state index contributed by atoms with van der Waals surface area (Å²) in [4.78, 5) is 19.7. The highest BCUT2D eigenvalue weighted by molar-refractivity contribution is 6.32. The van der Waals surface area contributed by atoms with Crippen molar-refractivity contribution in [3.8, 4) is 11.6 Å². The third-order valence-electron chi connectivity index (χ3n) is 4.03. The molecule has 0 amide bonds. The number of anilines is 3. The van der Waals surface area contributed by atoms with E-state index >= 15 is 0 Å². The normalized spacial score (nSPS) is 10.5. The summed E-state index contributed by atoms with van der Waals surface area (Å²) in [6.07, 6.45) is 1.37. The Balaban J connectivity index is 1.84. The largest absolute Gasteiger partial charge is 0.437 e. The van der Waals surface area contributed by atoms with Gasteiger partial charge in [0.1, 0.15) is 17.8 Å². The number of Topliss-reactive ketones (excluding diaryl/α,β-unsaturated/α-hetero) is 1. The number of hydrogen-bond acceptors (Lipinski definition) is 6. The number of halogens is 1. The molecule has 2 aromatic carbocycles. The SMILES string of the molecule is CC(=O)c1ccc(Nc2ncnc(Oc3cc(C)c(Cl)c(C)c3)c2N)cc1. The maximum atomic E-state index is 11.4. The van der Waals surface area contributed by atoms with Gasteiger partial charge in [-0.1, -0.05) is 11.6 Å². The van der Waals surface area contributed by atoms with Crippen LogP contribution in [0.15, 0.2) is 42.7 Å². The van der Waals surface area contributed by atoms with E-state index in [-0.39, 0.29) is 17.4 Å². The van der Waals surface area contributed by atoms with Gasteiger partial charge in [-0.3, -0.25) is 4.79 Å². The third kappa shape index (κ3) is 4.17. The van der Waals surface area contributed by atoms with Gasteiger partial charge in [0.25, 0.3) is 0 Å². The summed E-state index contributed by atoms with van der Waals surface area (Å²) in [6, 6.07) is 10.7. The van der Waals surface area contributed by atoms with Gasteiger partial charge in [0.05, 0.1) is 0 Å². The average Bonchev–Trinajstić information content (AvgIpc) is 2.63. The van der Waals surface area contributed by atoms with Gasteiger partial charge in [0, 0.05) is 16.3 Å². The van der Waals surface area contributed by atoms with E-state index in [1.165, 1.54) is 13.3 Å². The average molecular weight is 383 g/mol. The van der Waals surface area contributed by atoms with Crippen LogP contribution in [0.2, 0.25) is 5.02 Å². The highest BCUT2D eigenvalue weighted by atomic mass is 35.5. The Bertz CT molecular complexity index is 980. The van der Waals surface area contributed by atoms with Crippen molar-refractivity contribution in [3.05, 3.63) is 64.4 Å². The highest BCUT2D eigenvalue weighted by Crippen LogP contribution is 2.33. The lowest BCUT2D eigenvalue weighted by Gasteiger charge is -2.13. The molecule has 0 bridgehead atoms. The topological polar surface area (TPSA) is 90.1 Å². The van der Waals surface area contributed by atoms with Crippen molar-refractivity contribution in [2.24, 2.45) is 0 Å². The predicted octanol–water partition coefficient (Wildman–Crippen LogP) is 5.07. The summed E-state index contributed by atoms with van der Waals surface area (Å²) in [6.45, 7) is 5.33. The lowest BCUT2D eigenvalue weighted by molar-refractivity contribution is 0.101. The second kappa shape index (κ2) is 7.63. The molecule has 1 aromatic heterocycles. The van der Waals surface area contributed by atoms with Crippen molar-refractivity contribution in [2.75, 3.05) is 11.1 Å². The van der Waals surface area contributed by atoms with Gasteiger partial charge in [0.15, 0.2) is 11.6 Å². The summed E-state index contributed by atoms with van der Waals surface area (Å²) < 4.78 is 5.84. The lowest BCUT2D eigenvalue weighted by Crippen LogP contribution is -2.03. The van der Waals surface area contributed by atoms with Crippen molar-refractivity contribution < 1.29 is 9.53 Å². The van der Waals surface area contributed by atoms with Gasteiger partial charge in [-0.25, -0.2) is 4.98 Å². The molecule has 3 rings (SSSR count). The zero-order valence-electron chi connectivity index (χ0n) is 15.2. The van der Waals surface area contributed by atoms with Crippen LogP contribution in [0.1, 0.15) is 28.4 Å². The first kappa shape index (κ1) is 18.7. The number of aryl methyl sites for hydroxylation is 2. The van der Waals surface area contributed by atoms with Crippen LogP contribution >= 0.6 is 11.6 Å². The van der Waals surface area contributed by atoms with E-state index in [1.807, 2.05) is 26.0 Å². The molecule has 0 saturated carbocycles. The predicted molar refractivity (Wildman–Crippen MR) is 107 cm³/mol. The molecular formula is C20H19ClN4O2. The standard InChI is InChI=1S/C20H19ClN4O2/c1-11-8-16(9-12(2)17(11)21)27-20-18(22)19(23-10-24-20)25-15-6-4-14(5-7-15)13(3)26/h4-10H,22H2,1-3H3,(H,23,24,25). The summed E-state index contributed by atoms with van der Waals surface area (Å²) in [5.74, 6) is 1.26. The Labute approximate surface area is 162 Å². The second-order valence-electron chi connectivity index (χ2n) is 6.17. The molecule has 0 radical (unpaired) electrons. The second-order valence-corrected chi connectivity index (χ2v) is 6.55. The minimum absolute atomic E-state index is 0.00679. The van der Waals surface area contributed by atoms with Crippen LogP contribution in [0.4, 0.5) is 17.2 Å². The number of hydrogen-bond donors (Lipinski definition) is 2. The fraction of sp³-hybridized carbons (Fsp3) is 0.150. The summed E-state index contributed by atoms with van der Waals surface area (Å²) in [5, 5.41) is 3.81. The van der Waals surface area contributed by atoms with Gasteiger partial charge in [-0.15, -0.1) is 0 Å². The molecule has 3 aromatic rings. The quantitative estimate of drug-likeness (QED) is 0.599. The Morgan fingerprint density at radius 3 is 2.33 bits per heavy atom. The fourth-order valence-electron chi connectivity index (χ4n) is 2.56. The smallest absolute Gasteiger partial charge is 0.248 e. The van der Waals surface area contributed by atoms with E-state index in [0.717, 1.165) is 16.8 Å². The van der Waals surface area contributed by atoms with Gasteiger partial charge < -0.3 is 15.8 Å². The molecule has 1 heterocycles. The van der Waals surface area contributed by atoms with Crippen LogP contribution in [-0.2, 0) is 0 Å². The molecular weight excluding hydrogens is 364 g/mol. The molecule has 6 nitrogen and oxygen atoms in total. The molecule has 27 heavy (non-hydrogen) atoms. The molecule has 0 saturated heterocycles. The molecule has 0 spiro atoms. The van der Waals surface area contributed by atoms with Crippen molar-refractivity contribution >= 4 is 34.6 Å². The number of carbonyl (C=O) groups excluding carboxylic acids is 1. The van der Waals surface area contributed by atoms with Gasteiger partial charge in [-0.2, -0.15) is 4.98 Å². The number of ether oxygens (including phenoxy) is 1. The molecule has 0 aliphatic heterocycles. The maximum Gasteiger partial charge on any atom is 0.248 e. The van der Waals surface area contributed by atoms with E-state index in [4.69, 9.17) is 22.1 Å². The van der Waals surface area contributed by atoms with Gasteiger partial charge in [0.2, 0.25) is 5.88 Å².